The van der Waals surface area contributed by atoms with E-state index in [1.165, 1.54) is 0 Å². The van der Waals surface area contributed by atoms with Crippen molar-refractivity contribution in [1.29, 1.82) is 0 Å². The summed E-state index contributed by atoms with van der Waals surface area (Å²) in [6.45, 7) is 13.5. The molecule has 4 amide bonds. The maximum absolute atomic E-state index is 14.4. The van der Waals surface area contributed by atoms with E-state index in [1.54, 1.807) is 28.7 Å². The molecule has 2 aliphatic heterocycles. The highest BCUT2D eigenvalue weighted by Crippen LogP contribution is 2.61. The van der Waals surface area contributed by atoms with Crippen LogP contribution in [0.2, 0.25) is 17.1 Å². The summed E-state index contributed by atoms with van der Waals surface area (Å²) in [5, 5.41) is 6.83. The first-order chi connectivity index (χ1) is 25.0. The monoisotopic (exact) mass is 728 g/mol. The molecule has 3 aromatic rings. The number of likely N-dealkylation sites (tertiary alicyclic amines) is 1. The summed E-state index contributed by atoms with van der Waals surface area (Å²) in [4.78, 5) is 59.9. The Kier molecular flexibility index (Phi) is 13.5. The lowest BCUT2D eigenvalue weighted by Crippen LogP contribution is -2.54. The highest BCUT2D eigenvalue weighted by molar-refractivity contribution is 6.87. The van der Waals surface area contributed by atoms with Crippen molar-refractivity contribution in [1.82, 2.24) is 20.0 Å². The molecule has 1 N–H and O–H groups in total. The van der Waals surface area contributed by atoms with Gasteiger partial charge in [0.1, 0.15) is 12.1 Å². The molecule has 52 heavy (non-hydrogen) atoms. The van der Waals surface area contributed by atoms with Crippen molar-refractivity contribution in [2.75, 3.05) is 39.8 Å². The van der Waals surface area contributed by atoms with E-state index in [4.69, 9.17) is 4.43 Å². The molecule has 2 fully saturated rings. The van der Waals surface area contributed by atoms with E-state index in [9.17, 15) is 19.2 Å². The highest BCUT2D eigenvalue weighted by atomic mass is 28.4. The summed E-state index contributed by atoms with van der Waals surface area (Å²) in [5.41, 5.74) is 2.05. The van der Waals surface area contributed by atoms with E-state index in [0.29, 0.717) is 62.1 Å². The Hall–Kier alpha value is -3.76. The lowest BCUT2D eigenvalue weighted by atomic mass is 9.95. The number of hydrogen-bond acceptors (Lipinski definition) is 5. The Morgan fingerprint density at radius 1 is 0.923 bits per heavy atom. The van der Waals surface area contributed by atoms with Gasteiger partial charge >= 0.3 is 0 Å². The Labute approximate surface area is 311 Å². The normalized spacial score (nSPS) is 21.7. The highest BCUT2D eigenvalue weighted by Gasteiger charge is 2.62. The molecular formula is C42H60N4O5Si. The molecule has 2 aliphatic rings. The van der Waals surface area contributed by atoms with Crippen LogP contribution in [-0.4, -0.2) is 98.6 Å². The van der Waals surface area contributed by atoms with E-state index in [0.717, 1.165) is 66.3 Å². The van der Waals surface area contributed by atoms with Gasteiger partial charge in [-0.2, -0.15) is 0 Å². The smallest absolute Gasteiger partial charge is 0.255 e. The fourth-order valence-electron chi connectivity index (χ4n) is 8.52. The van der Waals surface area contributed by atoms with Crippen LogP contribution in [0.3, 0.4) is 0 Å². The third kappa shape index (κ3) is 8.54. The van der Waals surface area contributed by atoms with E-state index >= 15 is 0 Å². The molecule has 10 heteroatoms. The fourth-order valence-corrected chi connectivity index (χ4v) is 13.6. The first-order valence-electron chi connectivity index (χ1n) is 19.7. The minimum Gasteiger partial charge on any atom is -0.417 e. The van der Waals surface area contributed by atoms with Gasteiger partial charge in [0.05, 0.1) is 5.56 Å². The van der Waals surface area contributed by atoms with Gasteiger partial charge in [0.2, 0.25) is 17.7 Å². The second-order valence-corrected chi connectivity index (χ2v) is 19.6. The molecule has 5 rings (SSSR count). The molecule has 2 unspecified atom stereocenters. The van der Waals surface area contributed by atoms with Gasteiger partial charge in [-0.1, -0.05) is 75.7 Å². The molecule has 2 saturated heterocycles. The maximum Gasteiger partial charge on any atom is 0.255 e. The van der Waals surface area contributed by atoms with Gasteiger partial charge in [0, 0.05) is 46.3 Å². The van der Waals surface area contributed by atoms with Crippen LogP contribution in [0.25, 0.3) is 21.5 Å². The number of carbonyl (C=O) groups excluding carboxylic acids is 4. The fraction of sp³-hybridized carbons (Fsp3) is 0.571. The summed E-state index contributed by atoms with van der Waals surface area (Å²) in [5.74, 6) is -0.315. The zero-order chi connectivity index (χ0) is 37.4. The third-order valence-electron chi connectivity index (χ3n) is 11.8. The molecule has 9 nitrogen and oxygen atoms in total. The van der Waals surface area contributed by atoms with Crippen LogP contribution in [0, 0.1) is 0 Å². The minimum absolute atomic E-state index is 0.0869. The zero-order valence-corrected chi connectivity index (χ0v) is 33.3. The van der Waals surface area contributed by atoms with Gasteiger partial charge in [0.15, 0.2) is 8.32 Å². The van der Waals surface area contributed by atoms with Gasteiger partial charge in [0.25, 0.3) is 5.91 Å². The van der Waals surface area contributed by atoms with E-state index < -0.39 is 20.4 Å². The van der Waals surface area contributed by atoms with Crippen LogP contribution in [0.1, 0.15) is 96.3 Å². The van der Waals surface area contributed by atoms with Crippen LogP contribution < -0.4 is 5.32 Å². The number of fused-ring (bicyclic) bond motifs is 2. The maximum atomic E-state index is 14.4. The van der Waals surface area contributed by atoms with Crippen LogP contribution in [-0.2, 0) is 18.8 Å². The van der Waals surface area contributed by atoms with Crippen LogP contribution in [0.5, 0.6) is 0 Å². The number of benzene rings is 3. The lowest BCUT2D eigenvalue weighted by Gasteiger charge is -2.35. The average molecular weight is 729 g/mol. The van der Waals surface area contributed by atoms with Crippen molar-refractivity contribution in [3.8, 4) is 0 Å². The van der Waals surface area contributed by atoms with Crippen LogP contribution >= 0.6 is 0 Å². The van der Waals surface area contributed by atoms with Crippen molar-refractivity contribution in [3.05, 3.63) is 60.2 Å². The minimum atomic E-state index is -1.58. The molecule has 282 valence electrons. The lowest BCUT2D eigenvalue weighted by molar-refractivity contribution is -0.146. The van der Waals surface area contributed by atoms with Crippen LogP contribution in [0.15, 0.2) is 54.6 Å². The molecule has 0 aliphatic carbocycles. The Bertz CT molecular complexity index is 1670. The van der Waals surface area contributed by atoms with Crippen molar-refractivity contribution >= 4 is 53.5 Å². The van der Waals surface area contributed by atoms with E-state index in [2.05, 4.69) is 32.2 Å². The number of nitrogens with one attached hydrogen (secondary N) is 1. The molecule has 4 atom stereocenters. The summed E-state index contributed by atoms with van der Waals surface area (Å²) in [6.07, 6.45) is 5.88. The van der Waals surface area contributed by atoms with Crippen molar-refractivity contribution < 1.29 is 23.6 Å². The zero-order valence-electron chi connectivity index (χ0n) is 32.3. The number of nitrogens with zero attached hydrogens (tertiary/aromatic N) is 3. The second kappa shape index (κ2) is 17.8. The average Bonchev–Trinajstić information content (AvgIpc) is 3.44. The molecular weight excluding hydrogens is 669 g/mol. The predicted octanol–water partition coefficient (Wildman–Crippen LogP) is 7.53. The summed E-state index contributed by atoms with van der Waals surface area (Å²) in [7, 11) is 0.208. The summed E-state index contributed by atoms with van der Waals surface area (Å²) < 4.78 is 6.19. The number of amides is 4. The van der Waals surface area contributed by atoms with Gasteiger partial charge in [-0.05, 0) is 97.1 Å². The quantitative estimate of drug-likeness (QED) is 0.0830. The number of rotatable bonds is 18. The standard InChI is InChI=1S/C42H60N4O5Si/c1-7-25-45(30(3)40(48)44(6)26-15-9-10-23-38(47)43-24-17-28-52(51-8-2)31(4)32(52)5)41(49)37-22-16-27-46(37)42(50)39-35-20-13-11-18-33(35)29-34-19-12-14-21-36(34)39/h11-14,18-21,29-32,37H,7-10,15-17,22-28H2,1-6H3,(H,43,47)/t30-,31?,32?,37-,52?/m0/s1. The molecule has 0 spiro atoms. The van der Waals surface area contributed by atoms with Crippen molar-refractivity contribution in [3.63, 3.8) is 0 Å². The van der Waals surface area contributed by atoms with Crippen molar-refractivity contribution in [2.24, 2.45) is 0 Å². The molecule has 3 aromatic carbocycles. The van der Waals surface area contributed by atoms with Gasteiger partial charge < -0.3 is 24.4 Å². The van der Waals surface area contributed by atoms with Crippen molar-refractivity contribution in [2.45, 2.75) is 115 Å². The Morgan fingerprint density at radius 2 is 1.58 bits per heavy atom. The third-order valence-corrected chi connectivity index (χ3v) is 17.5. The first-order valence-corrected chi connectivity index (χ1v) is 22.0. The largest absolute Gasteiger partial charge is 0.417 e. The van der Waals surface area contributed by atoms with Gasteiger partial charge in [-0.25, -0.2) is 0 Å². The van der Waals surface area contributed by atoms with Gasteiger partial charge in [-0.3, -0.25) is 19.2 Å². The number of unbranched alkanes of at least 4 members (excludes halogenated alkanes) is 2. The predicted molar refractivity (Wildman–Crippen MR) is 212 cm³/mol. The van der Waals surface area contributed by atoms with Crippen LogP contribution in [0.4, 0.5) is 0 Å². The number of likely N-dealkylation sites (N-methyl/N-ethyl adjacent to an activating group) is 1. The second-order valence-electron chi connectivity index (χ2n) is 15.0. The van der Waals surface area contributed by atoms with E-state index in [1.807, 2.05) is 55.5 Å². The first kappa shape index (κ1) is 39.4. The summed E-state index contributed by atoms with van der Waals surface area (Å²) >= 11 is 0. The SMILES string of the molecule is CCCN(C(=O)[C@@H]1CCCN1C(=O)c1c2ccccc2cc2ccccc12)[C@@H](C)C(=O)N(C)CCCCCC(=O)NCCC[Si]1(OCC)C(C)C1C. The Morgan fingerprint density at radius 3 is 2.19 bits per heavy atom. The summed E-state index contributed by atoms with van der Waals surface area (Å²) in [6, 6.07) is 17.8. The number of hydrogen-bond donors (Lipinski definition) is 1. The molecule has 0 radical (unpaired) electrons. The molecule has 0 bridgehead atoms. The van der Waals surface area contributed by atoms with Gasteiger partial charge in [-0.15, -0.1) is 0 Å². The topological polar surface area (TPSA) is 99.3 Å². The van der Waals surface area contributed by atoms with E-state index in [-0.39, 0.29) is 23.6 Å². The molecule has 2 heterocycles. The molecule has 0 aromatic heterocycles. The Balaban J connectivity index is 1.11. The number of carbonyl (C=O) groups is 4. The molecule has 0 saturated carbocycles.